The summed E-state index contributed by atoms with van der Waals surface area (Å²) in [5.41, 5.74) is 5.53. The van der Waals surface area contributed by atoms with Crippen LogP contribution in [-0.4, -0.2) is 29.5 Å². The van der Waals surface area contributed by atoms with Crippen LogP contribution in [-0.2, 0) is 20.9 Å². The van der Waals surface area contributed by atoms with Gasteiger partial charge in [-0.15, -0.1) is 11.3 Å². The van der Waals surface area contributed by atoms with Crippen molar-refractivity contribution in [1.82, 2.24) is 15.8 Å². The van der Waals surface area contributed by atoms with Crippen molar-refractivity contribution in [3.05, 3.63) is 58.0 Å². The number of para-hydroxylation sites is 1. The number of benzene rings is 2. The Hall–Kier alpha value is -2.49. The van der Waals surface area contributed by atoms with Gasteiger partial charge in [-0.1, -0.05) is 34.1 Å². The molecule has 2 N–H and O–H groups in total. The zero-order valence-corrected chi connectivity index (χ0v) is 17.4. The second-order valence-corrected chi connectivity index (χ2v) is 7.85. The number of carbonyl (C=O) groups is 2. The van der Waals surface area contributed by atoms with E-state index in [-0.39, 0.29) is 13.2 Å². The van der Waals surface area contributed by atoms with Crippen LogP contribution in [0.1, 0.15) is 11.9 Å². The second kappa shape index (κ2) is 9.63. The topological polar surface area (TPSA) is 89.6 Å². The predicted octanol–water partition coefficient (Wildman–Crippen LogP) is 3.19. The average Bonchev–Trinajstić information content (AvgIpc) is 3.09. The average molecular weight is 464 g/mol. The van der Waals surface area contributed by atoms with E-state index in [1.54, 1.807) is 25.1 Å². The Bertz CT molecular complexity index is 945. The zero-order valence-electron chi connectivity index (χ0n) is 15.0. The van der Waals surface area contributed by atoms with E-state index in [1.165, 1.54) is 11.3 Å². The van der Waals surface area contributed by atoms with Crippen LogP contribution in [0.15, 0.2) is 53.0 Å². The van der Waals surface area contributed by atoms with Crippen LogP contribution >= 0.6 is 27.3 Å². The van der Waals surface area contributed by atoms with Gasteiger partial charge in [-0.25, -0.2) is 4.98 Å². The van der Waals surface area contributed by atoms with Gasteiger partial charge >= 0.3 is 0 Å². The molecule has 3 rings (SSSR count). The molecule has 28 heavy (non-hydrogen) atoms. The highest BCUT2D eigenvalue weighted by Gasteiger charge is 2.15. The number of rotatable bonds is 7. The molecule has 3 aromatic rings. The summed E-state index contributed by atoms with van der Waals surface area (Å²) in [6, 6.07) is 14.9. The van der Waals surface area contributed by atoms with Crippen LogP contribution in [0.25, 0.3) is 10.2 Å². The maximum Gasteiger partial charge on any atom is 0.279 e. The molecule has 0 saturated carbocycles. The first-order valence-corrected chi connectivity index (χ1v) is 10.1. The van der Waals surface area contributed by atoms with Crippen molar-refractivity contribution < 1.29 is 19.1 Å². The Morgan fingerprint density at radius 1 is 1.18 bits per heavy atom. The second-order valence-electron chi connectivity index (χ2n) is 5.82. The fourth-order valence-corrected chi connectivity index (χ4v) is 3.56. The van der Waals surface area contributed by atoms with Crippen LogP contribution in [0.2, 0.25) is 0 Å². The van der Waals surface area contributed by atoms with E-state index >= 15 is 0 Å². The first-order chi connectivity index (χ1) is 13.5. The van der Waals surface area contributed by atoms with Gasteiger partial charge in [0.25, 0.3) is 11.8 Å². The summed E-state index contributed by atoms with van der Waals surface area (Å²) in [5.74, 6) is -0.397. The number of ether oxygens (including phenoxy) is 2. The van der Waals surface area contributed by atoms with Crippen molar-refractivity contribution in [2.24, 2.45) is 0 Å². The summed E-state index contributed by atoms with van der Waals surface area (Å²) in [5, 5.41) is 0.786. The summed E-state index contributed by atoms with van der Waals surface area (Å²) in [7, 11) is 0. The third-order valence-electron chi connectivity index (χ3n) is 3.60. The number of amides is 2. The lowest BCUT2D eigenvalue weighted by Gasteiger charge is -2.15. The Morgan fingerprint density at radius 3 is 2.79 bits per heavy atom. The normalized spacial score (nSPS) is 11.8. The van der Waals surface area contributed by atoms with Crippen LogP contribution in [0, 0.1) is 0 Å². The number of carbonyl (C=O) groups excluding carboxylic acids is 2. The summed E-state index contributed by atoms with van der Waals surface area (Å²) >= 11 is 4.85. The monoisotopic (exact) mass is 463 g/mol. The fourth-order valence-electron chi connectivity index (χ4n) is 2.28. The van der Waals surface area contributed by atoms with Crippen LogP contribution in [0.4, 0.5) is 0 Å². The summed E-state index contributed by atoms with van der Waals surface area (Å²) in [6.45, 7) is 1.62. The van der Waals surface area contributed by atoms with Gasteiger partial charge in [-0.3, -0.25) is 20.4 Å². The van der Waals surface area contributed by atoms with Gasteiger partial charge in [0, 0.05) is 4.47 Å². The van der Waals surface area contributed by atoms with E-state index < -0.39 is 17.9 Å². The van der Waals surface area contributed by atoms with E-state index in [1.807, 2.05) is 30.3 Å². The molecule has 0 aliphatic rings. The number of hydrazine groups is 1. The highest BCUT2D eigenvalue weighted by atomic mass is 79.9. The van der Waals surface area contributed by atoms with Gasteiger partial charge in [-0.05, 0) is 37.3 Å². The van der Waals surface area contributed by atoms with Crippen molar-refractivity contribution >= 4 is 49.3 Å². The number of hydrogen-bond donors (Lipinski definition) is 2. The Balaban J connectivity index is 1.38. The summed E-state index contributed by atoms with van der Waals surface area (Å²) < 4.78 is 12.8. The maximum absolute atomic E-state index is 12.0. The number of fused-ring (bicyclic) bond motifs is 1. The largest absolute Gasteiger partial charge is 0.481 e. The molecule has 7 nitrogen and oxygen atoms in total. The minimum atomic E-state index is -0.779. The van der Waals surface area contributed by atoms with E-state index in [4.69, 9.17) is 9.47 Å². The summed E-state index contributed by atoms with van der Waals surface area (Å²) in [6.07, 6.45) is -0.779. The molecule has 0 fully saturated rings. The Kier molecular flexibility index (Phi) is 6.96. The van der Waals surface area contributed by atoms with Gasteiger partial charge in [-0.2, -0.15) is 0 Å². The number of hydrogen-bond acceptors (Lipinski definition) is 6. The van der Waals surface area contributed by atoms with Gasteiger partial charge in [0.1, 0.15) is 17.4 Å². The minimum absolute atomic E-state index is 0.197. The first-order valence-electron chi connectivity index (χ1n) is 8.44. The highest BCUT2D eigenvalue weighted by Crippen LogP contribution is 2.22. The van der Waals surface area contributed by atoms with E-state index in [9.17, 15) is 9.59 Å². The SMILES string of the molecule is CC(Oc1cccc(Br)c1)C(=O)NNC(=O)COCc1nc2ccccc2s1. The maximum atomic E-state index is 12.0. The molecular formula is C19H18BrN3O4S. The van der Waals surface area contributed by atoms with Crippen LogP contribution in [0.3, 0.4) is 0 Å². The first kappa shape index (κ1) is 20.2. The molecule has 0 radical (unpaired) electrons. The molecule has 2 aromatic carbocycles. The van der Waals surface area contributed by atoms with Crippen molar-refractivity contribution in [2.45, 2.75) is 19.6 Å². The highest BCUT2D eigenvalue weighted by molar-refractivity contribution is 9.10. The quantitative estimate of drug-likeness (QED) is 0.525. The van der Waals surface area contributed by atoms with Crippen molar-refractivity contribution in [3.8, 4) is 5.75 Å². The van der Waals surface area contributed by atoms with Crippen LogP contribution in [0.5, 0.6) is 5.75 Å². The molecule has 0 aliphatic carbocycles. The van der Waals surface area contributed by atoms with Crippen molar-refractivity contribution in [1.29, 1.82) is 0 Å². The lowest BCUT2D eigenvalue weighted by molar-refractivity contribution is -0.134. The smallest absolute Gasteiger partial charge is 0.279 e. The molecule has 0 bridgehead atoms. The zero-order chi connectivity index (χ0) is 19.9. The van der Waals surface area contributed by atoms with Crippen molar-refractivity contribution in [3.63, 3.8) is 0 Å². The van der Waals surface area contributed by atoms with Gasteiger partial charge in [0.2, 0.25) is 0 Å². The van der Waals surface area contributed by atoms with E-state index in [0.29, 0.717) is 5.75 Å². The number of thiazole rings is 1. The van der Waals surface area contributed by atoms with Crippen LogP contribution < -0.4 is 15.6 Å². The molecule has 0 saturated heterocycles. The van der Waals surface area contributed by atoms with Gasteiger partial charge < -0.3 is 9.47 Å². The molecular weight excluding hydrogens is 446 g/mol. The predicted molar refractivity (Wildman–Crippen MR) is 110 cm³/mol. The fraction of sp³-hybridized carbons (Fsp3) is 0.211. The Labute approximate surface area is 174 Å². The van der Waals surface area contributed by atoms with Gasteiger partial charge in [0.05, 0.1) is 16.8 Å². The van der Waals surface area contributed by atoms with E-state index in [0.717, 1.165) is 19.7 Å². The number of halogens is 1. The Morgan fingerprint density at radius 2 is 2.00 bits per heavy atom. The molecule has 1 atom stereocenters. The number of aromatic nitrogens is 1. The number of nitrogens with zero attached hydrogens (tertiary/aromatic N) is 1. The standard InChI is InChI=1S/C19H18BrN3O4S/c1-12(27-14-6-4-5-13(20)9-14)19(25)23-22-17(24)10-26-11-18-21-15-7-2-3-8-16(15)28-18/h2-9,12H,10-11H2,1H3,(H,22,24)(H,23,25). The van der Waals surface area contributed by atoms with Gasteiger partial charge in [0.15, 0.2) is 6.10 Å². The molecule has 1 aromatic heterocycles. The number of nitrogens with one attached hydrogen (secondary N) is 2. The van der Waals surface area contributed by atoms with Crippen molar-refractivity contribution in [2.75, 3.05) is 6.61 Å². The molecule has 146 valence electrons. The van der Waals surface area contributed by atoms with E-state index in [2.05, 4.69) is 31.8 Å². The summed E-state index contributed by atoms with van der Waals surface area (Å²) in [4.78, 5) is 28.3. The lowest BCUT2D eigenvalue weighted by atomic mass is 10.3. The molecule has 9 heteroatoms. The molecule has 2 amide bonds. The molecule has 0 spiro atoms. The third-order valence-corrected chi connectivity index (χ3v) is 5.10. The molecule has 0 aliphatic heterocycles. The third kappa shape index (κ3) is 5.75. The molecule has 1 unspecified atom stereocenters. The molecule has 1 heterocycles. The minimum Gasteiger partial charge on any atom is -0.481 e. The lowest BCUT2D eigenvalue weighted by Crippen LogP contribution is -2.48.